The van der Waals surface area contributed by atoms with Gasteiger partial charge in [0, 0.05) is 40.5 Å². The van der Waals surface area contributed by atoms with Crippen molar-refractivity contribution in [2.24, 2.45) is 0 Å². The maximum Gasteiger partial charge on any atom is 0.123 e. The average molecular weight is 257 g/mol. The van der Waals surface area contributed by atoms with Gasteiger partial charge in [0.15, 0.2) is 0 Å². The molecular formula is C12H19NO3S. The van der Waals surface area contributed by atoms with E-state index >= 15 is 0 Å². The molecule has 1 aromatic carbocycles. The van der Waals surface area contributed by atoms with Gasteiger partial charge < -0.3 is 15.5 Å². The molecule has 0 spiro atoms. The van der Waals surface area contributed by atoms with Gasteiger partial charge in [-0.15, -0.1) is 0 Å². The summed E-state index contributed by atoms with van der Waals surface area (Å²) in [5.74, 6) is 0.144. The number of nitrogens with one attached hydrogen (secondary N) is 1. The van der Waals surface area contributed by atoms with E-state index in [4.69, 9.17) is 5.11 Å². The zero-order valence-electron chi connectivity index (χ0n) is 10.1. The second-order valence-electron chi connectivity index (χ2n) is 4.09. The van der Waals surface area contributed by atoms with Crippen molar-refractivity contribution in [3.05, 3.63) is 23.8 Å². The van der Waals surface area contributed by atoms with E-state index in [1.54, 1.807) is 18.4 Å². The number of hydrogen-bond acceptors (Lipinski definition) is 4. The lowest BCUT2D eigenvalue weighted by Gasteiger charge is -2.10. The van der Waals surface area contributed by atoms with Crippen LogP contribution in [0.4, 0.5) is 0 Å². The van der Waals surface area contributed by atoms with Gasteiger partial charge in [-0.05, 0) is 19.0 Å². The molecule has 0 saturated heterocycles. The number of phenols is 2. The number of hydrogen-bond donors (Lipinski definition) is 3. The fraction of sp³-hybridized carbons (Fsp3) is 0.500. The third-order valence-electron chi connectivity index (χ3n) is 2.68. The van der Waals surface area contributed by atoms with Crippen LogP contribution in [0, 0.1) is 0 Å². The minimum absolute atomic E-state index is 0.0567. The molecule has 0 radical (unpaired) electrons. The van der Waals surface area contributed by atoms with E-state index in [0.717, 1.165) is 18.5 Å². The number of phenolic OH excluding ortho intramolecular Hbond substituents is 2. The van der Waals surface area contributed by atoms with Gasteiger partial charge in [-0.1, -0.05) is 13.0 Å². The van der Waals surface area contributed by atoms with Crippen molar-refractivity contribution in [3.63, 3.8) is 0 Å². The van der Waals surface area contributed by atoms with Crippen molar-refractivity contribution < 1.29 is 14.4 Å². The van der Waals surface area contributed by atoms with Gasteiger partial charge in [-0.2, -0.15) is 0 Å². The molecule has 0 saturated carbocycles. The Balaban J connectivity index is 2.34. The zero-order chi connectivity index (χ0) is 12.8. The van der Waals surface area contributed by atoms with Crippen LogP contribution >= 0.6 is 0 Å². The Hall–Kier alpha value is -1.07. The van der Waals surface area contributed by atoms with Gasteiger partial charge in [0.1, 0.15) is 11.5 Å². The first kappa shape index (κ1) is 14.0. The molecule has 0 fully saturated rings. The molecule has 0 heterocycles. The summed E-state index contributed by atoms with van der Waals surface area (Å²) >= 11 is 0. The Bertz CT molecular complexity index is 395. The maximum absolute atomic E-state index is 11.1. The van der Waals surface area contributed by atoms with Crippen molar-refractivity contribution in [2.75, 3.05) is 12.8 Å². The minimum Gasteiger partial charge on any atom is -0.508 e. The van der Waals surface area contributed by atoms with E-state index in [2.05, 4.69) is 5.32 Å². The fourth-order valence-corrected chi connectivity index (χ4v) is 1.85. The summed E-state index contributed by atoms with van der Waals surface area (Å²) in [5, 5.41) is 22.0. The fourth-order valence-electron chi connectivity index (χ4n) is 1.40. The number of benzene rings is 1. The highest BCUT2D eigenvalue weighted by Gasteiger charge is 2.06. The molecule has 0 bridgehead atoms. The molecule has 3 N–H and O–H groups in total. The molecule has 4 nitrogen and oxygen atoms in total. The third-order valence-corrected chi connectivity index (χ3v) is 4.05. The monoisotopic (exact) mass is 257 g/mol. The molecule has 96 valence electrons. The van der Waals surface area contributed by atoms with Crippen LogP contribution in [0.3, 0.4) is 0 Å². The quantitative estimate of drug-likeness (QED) is 0.673. The number of aromatic hydroxyl groups is 2. The van der Waals surface area contributed by atoms with Crippen molar-refractivity contribution >= 4 is 10.8 Å². The van der Waals surface area contributed by atoms with Crippen LogP contribution in [0.25, 0.3) is 0 Å². The Kier molecular flexibility index (Phi) is 5.44. The molecule has 0 aliphatic heterocycles. The highest BCUT2D eigenvalue weighted by atomic mass is 32.2. The maximum atomic E-state index is 11.1. The molecule has 0 aliphatic rings. The SMILES string of the molecule is CC(CCNCc1ccc(O)cc1O)S(C)=O. The average Bonchev–Trinajstić information content (AvgIpc) is 2.26. The van der Waals surface area contributed by atoms with Gasteiger partial charge in [0.25, 0.3) is 0 Å². The lowest BCUT2D eigenvalue weighted by atomic mass is 10.2. The van der Waals surface area contributed by atoms with Crippen LogP contribution in [0.2, 0.25) is 0 Å². The Morgan fingerprint density at radius 1 is 1.41 bits per heavy atom. The molecule has 0 aliphatic carbocycles. The molecule has 1 rings (SSSR count). The Morgan fingerprint density at radius 2 is 2.12 bits per heavy atom. The van der Waals surface area contributed by atoms with Gasteiger partial charge in [-0.3, -0.25) is 4.21 Å². The van der Waals surface area contributed by atoms with Crippen LogP contribution in [0.5, 0.6) is 11.5 Å². The summed E-state index contributed by atoms with van der Waals surface area (Å²) in [5.41, 5.74) is 0.744. The molecule has 17 heavy (non-hydrogen) atoms. The van der Waals surface area contributed by atoms with Gasteiger partial charge >= 0.3 is 0 Å². The zero-order valence-corrected chi connectivity index (χ0v) is 11.0. The summed E-state index contributed by atoms with van der Waals surface area (Å²) < 4.78 is 11.1. The molecule has 0 amide bonds. The molecule has 2 unspecified atom stereocenters. The molecular weight excluding hydrogens is 238 g/mol. The summed E-state index contributed by atoms with van der Waals surface area (Å²) in [4.78, 5) is 0. The number of rotatable bonds is 6. The van der Waals surface area contributed by atoms with Crippen LogP contribution in [-0.4, -0.2) is 32.5 Å². The lowest BCUT2D eigenvalue weighted by molar-refractivity contribution is 0.443. The normalized spacial score (nSPS) is 14.5. The van der Waals surface area contributed by atoms with E-state index in [0.29, 0.717) is 6.54 Å². The van der Waals surface area contributed by atoms with E-state index in [-0.39, 0.29) is 16.7 Å². The van der Waals surface area contributed by atoms with Crippen molar-refractivity contribution in [1.29, 1.82) is 0 Å². The topological polar surface area (TPSA) is 69.6 Å². The molecule has 5 heteroatoms. The van der Waals surface area contributed by atoms with E-state index in [1.807, 2.05) is 6.92 Å². The predicted molar refractivity (Wildman–Crippen MR) is 69.6 cm³/mol. The Labute approximate surface area is 104 Å². The van der Waals surface area contributed by atoms with E-state index in [9.17, 15) is 9.32 Å². The lowest BCUT2D eigenvalue weighted by Crippen LogP contribution is -2.20. The van der Waals surface area contributed by atoms with Gasteiger partial charge in [0.05, 0.1) is 0 Å². The van der Waals surface area contributed by atoms with Crippen LogP contribution in [-0.2, 0) is 17.3 Å². The first-order chi connectivity index (χ1) is 8.00. The summed E-state index contributed by atoms with van der Waals surface area (Å²) in [6, 6.07) is 4.54. The van der Waals surface area contributed by atoms with Crippen molar-refractivity contribution in [1.82, 2.24) is 5.32 Å². The third kappa shape index (κ3) is 4.75. The van der Waals surface area contributed by atoms with Gasteiger partial charge in [0.2, 0.25) is 0 Å². The highest BCUT2D eigenvalue weighted by Crippen LogP contribution is 2.22. The van der Waals surface area contributed by atoms with Crippen LogP contribution in [0.15, 0.2) is 18.2 Å². The molecule has 1 aromatic rings. The largest absolute Gasteiger partial charge is 0.508 e. The van der Waals surface area contributed by atoms with E-state index < -0.39 is 10.8 Å². The second kappa shape index (κ2) is 6.61. The summed E-state index contributed by atoms with van der Waals surface area (Å²) in [6.45, 7) is 3.24. The predicted octanol–water partition coefficient (Wildman–Crippen LogP) is 1.34. The molecule has 2 atom stereocenters. The van der Waals surface area contributed by atoms with Gasteiger partial charge in [-0.25, -0.2) is 0 Å². The summed E-state index contributed by atoms with van der Waals surface area (Å²) in [6.07, 6.45) is 2.54. The first-order valence-corrected chi connectivity index (χ1v) is 7.16. The highest BCUT2D eigenvalue weighted by molar-refractivity contribution is 7.84. The van der Waals surface area contributed by atoms with E-state index in [1.165, 1.54) is 6.07 Å². The smallest absolute Gasteiger partial charge is 0.123 e. The van der Waals surface area contributed by atoms with Crippen LogP contribution in [0.1, 0.15) is 18.9 Å². The molecule has 0 aromatic heterocycles. The second-order valence-corrected chi connectivity index (χ2v) is 5.89. The summed E-state index contributed by atoms with van der Waals surface area (Å²) in [7, 11) is -0.788. The first-order valence-electron chi connectivity index (χ1n) is 5.54. The standard InChI is InChI=1S/C12H19NO3S/c1-9(17(2)16)5-6-13-8-10-3-4-11(14)7-12(10)15/h3-4,7,9,13-15H,5-6,8H2,1-2H3. The Morgan fingerprint density at radius 3 is 2.71 bits per heavy atom. The van der Waals surface area contributed by atoms with Crippen molar-refractivity contribution in [2.45, 2.75) is 25.1 Å². The van der Waals surface area contributed by atoms with Crippen LogP contribution < -0.4 is 5.32 Å². The minimum atomic E-state index is -0.788. The van der Waals surface area contributed by atoms with Crippen molar-refractivity contribution in [3.8, 4) is 11.5 Å².